The lowest BCUT2D eigenvalue weighted by Gasteiger charge is -1.95. The number of hydrogen-bond acceptors (Lipinski definition) is 0. The minimum atomic E-state index is 1.11. The normalized spacial score (nSPS) is 12.3. The van der Waals surface area contributed by atoms with Gasteiger partial charge in [-0.05, 0) is 44.9 Å². The molecule has 0 aliphatic carbocycles. The Balaban J connectivity index is 3.18. The molecule has 0 fully saturated rings. The number of hydrogen-bond donors (Lipinski definition) is 0. The van der Waals surface area contributed by atoms with Crippen LogP contribution in [0.5, 0.6) is 0 Å². The fourth-order valence-electron chi connectivity index (χ4n) is 1.81. The van der Waals surface area contributed by atoms with Crippen LogP contribution in [0.1, 0.15) is 78.1 Å². The smallest absolute Gasteiger partial charge is 0.0169 e. The summed E-state index contributed by atoms with van der Waals surface area (Å²) in [5.74, 6) is 0. The van der Waals surface area contributed by atoms with Crippen LogP contribution in [-0.4, -0.2) is 0 Å². The molecule has 0 saturated carbocycles. The van der Waals surface area contributed by atoms with Gasteiger partial charge in [0.25, 0.3) is 0 Å². The molecule has 0 saturated heterocycles. The van der Waals surface area contributed by atoms with E-state index in [9.17, 15) is 0 Å². The van der Waals surface area contributed by atoms with Crippen molar-refractivity contribution in [3.8, 4) is 0 Å². The predicted octanol–water partition coefficient (Wildman–Crippen LogP) is 6.60. The Morgan fingerprint density at radius 1 is 0.556 bits per heavy atom. The van der Waals surface area contributed by atoms with E-state index >= 15 is 0 Å². The molecule has 0 rings (SSSR count). The summed E-state index contributed by atoms with van der Waals surface area (Å²) in [4.78, 5) is 0. The highest BCUT2D eigenvalue weighted by molar-refractivity contribution is 4.92. The van der Waals surface area contributed by atoms with Crippen molar-refractivity contribution in [1.29, 1.82) is 0 Å². The van der Waals surface area contributed by atoms with E-state index in [0.717, 1.165) is 6.42 Å². The van der Waals surface area contributed by atoms with Gasteiger partial charge in [-0.3, -0.25) is 0 Å². The van der Waals surface area contributed by atoms with Gasteiger partial charge in [-0.1, -0.05) is 69.6 Å². The van der Waals surface area contributed by atoms with Crippen LogP contribution in [0.25, 0.3) is 0 Å². The maximum absolute atomic E-state index is 2.34. The first-order valence-corrected chi connectivity index (χ1v) is 7.86. The third-order valence-corrected chi connectivity index (χ3v) is 2.97. The number of rotatable bonds is 12. The van der Waals surface area contributed by atoms with Gasteiger partial charge in [-0.25, -0.2) is 0 Å². The molecule has 0 spiro atoms. The van der Waals surface area contributed by atoms with Crippen molar-refractivity contribution < 1.29 is 0 Å². The third kappa shape index (κ3) is 15.2. The quantitative estimate of drug-likeness (QED) is 0.270. The lowest BCUT2D eigenvalue weighted by atomic mass is 10.1. The topological polar surface area (TPSA) is 0 Å². The van der Waals surface area contributed by atoms with Crippen molar-refractivity contribution in [3.05, 3.63) is 36.5 Å². The highest BCUT2D eigenvalue weighted by atomic mass is 13.9. The van der Waals surface area contributed by atoms with E-state index in [1.807, 2.05) is 0 Å². The van der Waals surface area contributed by atoms with Crippen LogP contribution in [0.3, 0.4) is 0 Å². The highest BCUT2D eigenvalue weighted by Crippen LogP contribution is 2.05. The Hall–Kier alpha value is -0.780. The molecule has 0 N–H and O–H groups in total. The van der Waals surface area contributed by atoms with E-state index in [-0.39, 0.29) is 0 Å². The summed E-state index contributed by atoms with van der Waals surface area (Å²) in [6, 6.07) is 0. The minimum Gasteiger partial charge on any atom is -0.0888 e. The lowest BCUT2D eigenvalue weighted by molar-refractivity contribution is 0.695. The van der Waals surface area contributed by atoms with E-state index < -0.39 is 0 Å². The average molecular weight is 248 g/mol. The number of unbranched alkanes of at least 4 members (excludes halogenated alkanes) is 6. The molecule has 0 heterocycles. The fraction of sp³-hybridized carbons (Fsp3) is 0.667. The molecule has 0 aliphatic heterocycles. The van der Waals surface area contributed by atoms with Crippen LogP contribution in [-0.2, 0) is 0 Å². The summed E-state index contributed by atoms with van der Waals surface area (Å²) in [7, 11) is 0. The Kier molecular flexibility index (Phi) is 15.5. The van der Waals surface area contributed by atoms with Gasteiger partial charge in [-0.15, -0.1) is 0 Å². The predicted molar refractivity (Wildman–Crippen MR) is 84.9 cm³/mol. The largest absolute Gasteiger partial charge is 0.0888 e. The molecule has 0 aromatic rings. The summed E-state index contributed by atoms with van der Waals surface area (Å²) < 4.78 is 0. The summed E-state index contributed by atoms with van der Waals surface area (Å²) in [5, 5.41) is 0. The second kappa shape index (κ2) is 16.2. The van der Waals surface area contributed by atoms with Crippen LogP contribution in [0.15, 0.2) is 36.5 Å². The Morgan fingerprint density at radius 3 is 1.67 bits per heavy atom. The third-order valence-electron chi connectivity index (χ3n) is 2.97. The summed E-state index contributed by atoms with van der Waals surface area (Å²) in [5.41, 5.74) is 0. The van der Waals surface area contributed by atoms with Crippen LogP contribution >= 0.6 is 0 Å². The Labute approximate surface area is 115 Å². The molecule has 104 valence electrons. The van der Waals surface area contributed by atoms with Gasteiger partial charge in [-0.2, -0.15) is 0 Å². The molecular formula is C18H32. The van der Waals surface area contributed by atoms with Crippen molar-refractivity contribution in [3.63, 3.8) is 0 Å². The van der Waals surface area contributed by atoms with Crippen LogP contribution in [0.2, 0.25) is 0 Å². The monoisotopic (exact) mass is 248 g/mol. The lowest BCUT2D eigenvalue weighted by Crippen LogP contribution is -1.75. The van der Waals surface area contributed by atoms with Gasteiger partial charge in [0.15, 0.2) is 0 Å². The molecule has 0 aromatic heterocycles. The minimum absolute atomic E-state index is 1.11. The molecule has 0 aromatic carbocycles. The molecule has 0 radical (unpaired) electrons. The van der Waals surface area contributed by atoms with Crippen LogP contribution in [0.4, 0.5) is 0 Å². The van der Waals surface area contributed by atoms with E-state index in [4.69, 9.17) is 0 Å². The van der Waals surface area contributed by atoms with Crippen molar-refractivity contribution in [2.24, 2.45) is 0 Å². The van der Waals surface area contributed by atoms with E-state index in [1.165, 1.54) is 57.8 Å². The standard InChI is InChI=1S/C18H32/c1-3-5-7-9-11-13-15-17-18-16-14-12-10-8-6-4-2/h5,7,10,12,16,18H,3-4,6,8-9,11,13-15,17H2,1-2H3. The van der Waals surface area contributed by atoms with Crippen molar-refractivity contribution in [2.45, 2.75) is 78.1 Å². The number of allylic oxidation sites excluding steroid dienone is 6. The zero-order valence-electron chi connectivity index (χ0n) is 12.5. The van der Waals surface area contributed by atoms with Gasteiger partial charge < -0.3 is 0 Å². The van der Waals surface area contributed by atoms with Gasteiger partial charge in [0, 0.05) is 0 Å². The maximum Gasteiger partial charge on any atom is -0.0169 e. The van der Waals surface area contributed by atoms with Crippen LogP contribution < -0.4 is 0 Å². The average Bonchev–Trinajstić information content (AvgIpc) is 2.39. The maximum atomic E-state index is 2.34. The molecular weight excluding hydrogens is 216 g/mol. The van der Waals surface area contributed by atoms with Gasteiger partial charge in [0.05, 0.1) is 0 Å². The summed E-state index contributed by atoms with van der Waals surface area (Å²) in [6.07, 6.45) is 26.6. The summed E-state index contributed by atoms with van der Waals surface area (Å²) in [6.45, 7) is 4.43. The van der Waals surface area contributed by atoms with Crippen LogP contribution in [0, 0.1) is 0 Å². The first kappa shape index (κ1) is 17.2. The molecule has 0 atom stereocenters. The SMILES string of the molecule is CCC=CCCCCCC=CCC=CCCCC. The van der Waals surface area contributed by atoms with E-state index in [1.54, 1.807) is 0 Å². The van der Waals surface area contributed by atoms with E-state index in [2.05, 4.69) is 50.3 Å². The summed E-state index contributed by atoms with van der Waals surface area (Å²) >= 11 is 0. The first-order valence-electron chi connectivity index (χ1n) is 7.86. The second-order valence-corrected chi connectivity index (χ2v) is 4.84. The molecule has 0 bridgehead atoms. The fourth-order valence-corrected chi connectivity index (χ4v) is 1.81. The zero-order chi connectivity index (χ0) is 13.3. The van der Waals surface area contributed by atoms with Gasteiger partial charge in [0.2, 0.25) is 0 Å². The molecule has 0 amide bonds. The molecule has 18 heavy (non-hydrogen) atoms. The zero-order valence-corrected chi connectivity index (χ0v) is 12.5. The van der Waals surface area contributed by atoms with Crippen molar-refractivity contribution in [1.82, 2.24) is 0 Å². The molecule has 0 unspecified atom stereocenters. The second-order valence-electron chi connectivity index (χ2n) is 4.84. The Bertz CT molecular complexity index is 220. The molecule has 0 aliphatic rings. The highest BCUT2D eigenvalue weighted by Gasteiger charge is 1.85. The van der Waals surface area contributed by atoms with E-state index in [0.29, 0.717) is 0 Å². The van der Waals surface area contributed by atoms with Gasteiger partial charge in [0.1, 0.15) is 0 Å². The first-order chi connectivity index (χ1) is 8.91. The van der Waals surface area contributed by atoms with Crippen molar-refractivity contribution >= 4 is 0 Å². The Morgan fingerprint density at radius 2 is 1.11 bits per heavy atom. The molecule has 0 nitrogen and oxygen atoms in total. The van der Waals surface area contributed by atoms with Crippen molar-refractivity contribution in [2.75, 3.05) is 0 Å². The molecule has 0 heteroatoms. The van der Waals surface area contributed by atoms with Gasteiger partial charge >= 0.3 is 0 Å².